The van der Waals surface area contributed by atoms with Crippen molar-refractivity contribution in [2.45, 2.75) is 38.5 Å². The Morgan fingerprint density at radius 3 is 2.79 bits per heavy atom. The molecule has 0 spiro atoms. The Morgan fingerprint density at radius 2 is 2.06 bits per heavy atom. The molecule has 1 amide bonds. The third-order valence-electron chi connectivity index (χ3n) is 5.77. The molecule has 1 aromatic carbocycles. The Morgan fingerprint density at radius 1 is 1.24 bits per heavy atom. The topological polar surface area (TPSA) is 92.5 Å². The smallest absolute Gasteiger partial charge is 0.248 e. The van der Waals surface area contributed by atoms with Crippen molar-refractivity contribution in [1.82, 2.24) is 9.46 Å². The number of amides is 1. The molecule has 1 saturated heterocycles. The molecule has 1 atom stereocenters. The van der Waals surface area contributed by atoms with Crippen molar-refractivity contribution in [3.8, 4) is 0 Å². The zero-order valence-corrected chi connectivity index (χ0v) is 20.5. The van der Waals surface area contributed by atoms with Crippen molar-refractivity contribution in [2.75, 3.05) is 18.4 Å². The van der Waals surface area contributed by atoms with Crippen LogP contribution in [-0.4, -0.2) is 36.9 Å². The summed E-state index contributed by atoms with van der Waals surface area (Å²) in [6.07, 6.45) is 4.68. The lowest BCUT2D eigenvalue weighted by atomic mass is 9.98. The highest BCUT2D eigenvalue weighted by atomic mass is 32.2. The Labute approximate surface area is 198 Å². The molecule has 174 valence electrons. The summed E-state index contributed by atoms with van der Waals surface area (Å²) in [4.78, 5) is 14.0. The van der Waals surface area contributed by atoms with E-state index in [2.05, 4.69) is 10.5 Å². The minimum Gasteiger partial charge on any atom is -0.355 e. The number of nitrogens with zero attached hydrogens (tertiary/aromatic N) is 2. The predicted molar refractivity (Wildman–Crippen MR) is 131 cm³/mol. The first-order chi connectivity index (χ1) is 15.8. The van der Waals surface area contributed by atoms with Crippen LogP contribution in [-0.2, 0) is 14.8 Å². The van der Waals surface area contributed by atoms with Crippen molar-refractivity contribution < 1.29 is 17.7 Å². The lowest BCUT2D eigenvalue weighted by Gasteiger charge is -2.31. The zero-order chi connectivity index (χ0) is 23.6. The number of hydrogen-bond acceptors (Lipinski definition) is 6. The number of piperidine rings is 1. The molecule has 1 fully saturated rings. The molecule has 1 aliphatic rings. The quantitative estimate of drug-likeness (QED) is 0.538. The molecule has 0 saturated carbocycles. The van der Waals surface area contributed by atoms with E-state index in [1.54, 1.807) is 30.4 Å². The molecule has 0 radical (unpaired) electrons. The minimum absolute atomic E-state index is 0.0609. The first-order valence-electron chi connectivity index (χ1n) is 10.8. The average molecular weight is 486 g/mol. The van der Waals surface area contributed by atoms with Crippen molar-refractivity contribution in [1.29, 1.82) is 0 Å². The van der Waals surface area contributed by atoms with Crippen LogP contribution >= 0.6 is 11.3 Å². The predicted octanol–water partition coefficient (Wildman–Crippen LogP) is 4.87. The highest BCUT2D eigenvalue weighted by molar-refractivity contribution is 7.89. The normalized spacial score (nSPS) is 17.5. The van der Waals surface area contributed by atoms with Crippen molar-refractivity contribution in [3.63, 3.8) is 0 Å². The third kappa shape index (κ3) is 5.10. The van der Waals surface area contributed by atoms with Gasteiger partial charge in [-0.1, -0.05) is 28.9 Å². The first kappa shape index (κ1) is 23.4. The number of carbonyl (C=O) groups is 1. The minimum atomic E-state index is -3.87. The second kappa shape index (κ2) is 9.62. The molecule has 3 heterocycles. The second-order valence-electron chi connectivity index (χ2n) is 8.32. The van der Waals surface area contributed by atoms with Gasteiger partial charge in [-0.05, 0) is 68.8 Å². The number of sulfonamides is 1. The highest BCUT2D eigenvalue weighted by Gasteiger charge is 2.37. The molecule has 4 rings (SSSR count). The van der Waals surface area contributed by atoms with Gasteiger partial charge in [-0.15, -0.1) is 11.3 Å². The summed E-state index contributed by atoms with van der Waals surface area (Å²) in [5.74, 6) is -0.399. The van der Waals surface area contributed by atoms with E-state index >= 15 is 0 Å². The summed E-state index contributed by atoms with van der Waals surface area (Å²) in [5.41, 5.74) is 3.16. The van der Waals surface area contributed by atoms with Crippen LogP contribution in [0.15, 0.2) is 45.1 Å². The van der Waals surface area contributed by atoms with Gasteiger partial charge in [0, 0.05) is 23.7 Å². The highest BCUT2D eigenvalue weighted by Crippen LogP contribution is 2.30. The van der Waals surface area contributed by atoms with E-state index in [1.165, 1.54) is 4.31 Å². The molecular weight excluding hydrogens is 458 g/mol. The standard InChI is InChI=1S/C24H27N3O4S2/c1-16-8-10-21(17(2)14-16)25-24(28)19-6-4-12-27(15-19)33(29,30)23-18(3)26-31-22(23)11-9-20-7-5-13-32-20/h5,7-11,13-14,19H,4,6,12,15H2,1-3H3,(H,25,28)/b11-9+. The van der Waals surface area contributed by atoms with E-state index in [1.807, 2.05) is 49.6 Å². The molecule has 33 heavy (non-hydrogen) atoms. The molecule has 3 aromatic rings. The summed E-state index contributed by atoms with van der Waals surface area (Å²) in [7, 11) is -3.87. The van der Waals surface area contributed by atoms with Crippen LogP contribution in [0.1, 0.15) is 40.3 Å². The number of rotatable bonds is 6. The van der Waals surface area contributed by atoms with Crippen molar-refractivity contribution in [3.05, 3.63) is 63.2 Å². The summed E-state index contributed by atoms with van der Waals surface area (Å²) in [6.45, 7) is 6.04. The summed E-state index contributed by atoms with van der Waals surface area (Å²) in [5, 5.41) is 8.81. The van der Waals surface area contributed by atoms with Crippen LogP contribution in [0.25, 0.3) is 12.2 Å². The monoisotopic (exact) mass is 485 g/mol. The molecule has 1 N–H and O–H groups in total. The molecule has 2 aromatic heterocycles. The Bertz CT molecular complexity index is 1280. The van der Waals surface area contributed by atoms with Gasteiger partial charge >= 0.3 is 0 Å². The van der Waals surface area contributed by atoms with Gasteiger partial charge in [0.25, 0.3) is 0 Å². The Balaban J connectivity index is 1.53. The Hall–Kier alpha value is -2.75. The largest absolute Gasteiger partial charge is 0.355 e. The van der Waals surface area contributed by atoms with Crippen molar-refractivity contribution in [2.24, 2.45) is 5.92 Å². The number of anilines is 1. The van der Waals surface area contributed by atoms with Crippen LogP contribution in [0.2, 0.25) is 0 Å². The summed E-state index contributed by atoms with van der Waals surface area (Å²) in [6, 6.07) is 9.69. The van der Waals surface area contributed by atoms with Crippen LogP contribution in [0, 0.1) is 26.7 Å². The van der Waals surface area contributed by atoms with Crippen molar-refractivity contribution >= 4 is 45.1 Å². The average Bonchev–Trinajstić information content (AvgIpc) is 3.44. The van der Waals surface area contributed by atoms with Gasteiger partial charge in [-0.25, -0.2) is 8.42 Å². The van der Waals surface area contributed by atoms with Gasteiger partial charge in [0.2, 0.25) is 15.9 Å². The maximum atomic E-state index is 13.5. The number of benzene rings is 1. The van der Waals surface area contributed by atoms with Gasteiger partial charge in [0.1, 0.15) is 5.69 Å². The van der Waals surface area contributed by atoms with Gasteiger partial charge < -0.3 is 9.84 Å². The SMILES string of the molecule is Cc1ccc(NC(=O)C2CCCN(S(=O)(=O)c3c(C)noc3/C=C/c3cccs3)C2)c(C)c1. The van der Waals surface area contributed by atoms with E-state index in [4.69, 9.17) is 4.52 Å². The molecule has 1 unspecified atom stereocenters. The lowest BCUT2D eigenvalue weighted by Crippen LogP contribution is -2.44. The molecule has 9 heteroatoms. The fraction of sp³-hybridized carbons (Fsp3) is 0.333. The van der Waals surface area contributed by atoms with Crippen LogP contribution in [0.5, 0.6) is 0 Å². The van der Waals surface area contributed by atoms with E-state index in [-0.39, 0.29) is 23.1 Å². The number of thiophene rings is 1. The zero-order valence-electron chi connectivity index (χ0n) is 18.9. The van der Waals surface area contributed by atoms with E-state index in [0.717, 1.165) is 21.7 Å². The molecular formula is C24H27N3O4S2. The lowest BCUT2D eigenvalue weighted by molar-refractivity contribution is -0.120. The van der Waals surface area contributed by atoms with Gasteiger partial charge in [-0.3, -0.25) is 4.79 Å². The maximum Gasteiger partial charge on any atom is 0.248 e. The van der Waals surface area contributed by atoms with Crippen LogP contribution in [0.3, 0.4) is 0 Å². The maximum absolute atomic E-state index is 13.5. The fourth-order valence-electron chi connectivity index (χ4n) is 4.04. The molecule has 0 bridgehead atoms. The third-order valence-corrected chi connectivity index (χ3v) is 8.63. The Kier molecular flexibility index (Phi) is 6.83. The van der Waals surface area contributed by atoms with E-state index in [9.17, 15) is 13.2 Å². The fourth-order valence-corrected chi connectivity index (χ4v) is 6.43. The molecule has 0 aliphatic carbocycles. The summed E-state index contributed by atoms with van der Waals surface area (Å²) < 4.78 is 33.8. The first-order valence-corrected chi connectivity index (χ1v) is 13.1. The van der Waals surface area contributed by atoms with Crippen LogP contribution in [0.4, 0.5) is 5.69 Å². The molecule has 1 aliphatic heterocycles. The van der Waals surface area contributed by atoms with E-state index in [0.29, 0.717) is 25.1 Å². The van der Waals surface area contributed by atoms with Crippen LogP contribution < -0.4 is 5.32 Å². The number of carbonyl (C=O) groups excluding carboxylic acids is 1. The van der Waals surface area contributed by atoms with Gasteiger partial charge in [0.05, 0.1) is 5.92 Å². The number of aromatic nitrogens is 1. The number of nitrogens with one attached hydrogen (secondary N) is 1. The second-order valence-corrected chi connectivity index (χ2v) is 11.2. The van der Waals surface area contributed by atoms with Gasteiger partial charge in [-0.2, -0.15) is 4.31 Å². The number of aryl methyl sites for hydroxylation is 3. The van der Waals surface area contributed by atoms with E-state index < -0.39 is 15.9 Å². The number of hydrogen-bond donors (Lipinski definition) is 1. The van der Waals surface area contributed by atoms with Gasteiger partial charge in [0.15, 0.2) is 10.7 Å². The molecule has 7 nitrogen and oxygen atoms in total. The summed E-state index contributed by atoms with van der Waals surface area (Å²) >= 11 is 1.54.